The molecule has 0 aliphatic rings. The molecule has 0 spiro atoms. The van der Waals surface area contributed by atoms with E-state index in [2.05, 4.69) is 0 Å². The fraction of sp³-hybridized carbons (Fsp3) is 0.800. The second kappa shape index (κ2) is 83.3. The zero-order valence-corrected chi connectivity index (χ0v) is 5.70. The van der Waals surface area contributed by atoms with Crippen molar-refractivity contribution in [3.05, 3.63) is 0 Å². The second-order valence-electron chi connectivity index (χ2n) is 0.487. The Bertz CT molecular complexity index is 19.9. The lowest BCUT2D eigenvalue weighted by atomic mass is 10.8. The van der Waals surface area contributed by atoms with Gasteiger partial charge in [0.25, 0.3) is 0 Å². The molecule has 0 fully saturated rings. The molecule has 0 saturated heterocycles. The Morgan fingerprint density at radius 2 is 1.62 bits per heavy atom. The quantitative estimate of drug-likeness (QED) is 0.533. The minimum atomic E-state index is 0.403. The molecule has 0 aliphatic carbocycles. The van der Waals surface area contributed by atoms with Gasteiger partial charge in [-0.25, -0.2) is 0 Å². The van der Waals surface area contributed by atoms with E-state index in [-0.39, 0.29) is 0 Å². The van der Waals surface area contributed by atoms with Gasteiger partial charge in [0, 0.05) is 6.54 Å². The zero-order chi connectivity index (χ0) is 7.41. The highest BCUT2D eigenvalue weighted by Gasteiger charge is 1.55. The lowest BCUT2D eigenvalue weighted by Crippen LogP contribution is -1.93. The highest BCUT2D eigenvalue weighted by atomic mass is 19.2. The largest absolute Gasteiger partial charge is 0.307 e. The average molecular weight is 123 g/mol. The maximum Gasteiger partial charge on any atom is 0.106 e. The van der Waals surface area contributed by atoms with Gasteiger partial charge in [-0.15, -0.1) is 4.48 Å². The number of rotatable bonds is 1. The van der Waals surface area contributed by atoms with Gasteiger partial charge in [0.2, 0.25) is 0 Å². The molecule has 0 aromatic rings. The van der Waals surface area contributed by atoms with Crippen molar-refractivity contribution in [2.24, 2.45) is 0 Å². The Morgan fingerprint density at radius 3 is 1.62 bits per heavy atom. The van der Waals surface area contributed by atoms with E-state index in [1.54, 1.807) is 6.92 Å². The Hall–Kier alpha value is -0.440. The molecule has 0 rings (SSSR count). The topological polar surface area (TPSA) is 29.1 Å². The van der Waals surface area contributed by atoms with Crippen LogP contribution >= 0.6 is 0 Å². The van der Waals surface area contributed by atoms with E-state index in [0.29, 0.717) is 6.54 Å². The second-order valence-corrected chi connectivity index (χ2v) is 0.487. The molecule has 0 saturated carbocycles. The first-order valence-corrected chi connectivity index (χ1v) is 2.54. The molecular formula is C5H14FNO. The first-order valence-electron chi connectivity index (χ1n) is 2.54. The molecule has 0 unspecified atom stereocenters. The third-order valence-corrected chi connectivity index (χ3v) is 0.134. The summed E-state index contributed by atoms with van der Waals surface area (Å²) >= 11 is 0. The SMILES string of the molecule is C=O.CC.CCNF. The van der Waals surface area contributed by atoms with Crippen LogP contribution in [-0.4, -0.2) is 13.3 Å². The highest BCUT2D eigenvalue weighted by Crippen LogP contribution is 1.44. The van der Waals surface area contributed by atoms with Gasteiger partial charge in [0.15, 0.2) is 0 Å². The molecule has 0 heterocycles. The summed E-state index contributed by atoms with van der Waals surface area (Å²) in [7, 11) is 0. The molecule has 0 amide bonds. The molecule has 52 valence electrons. The third kappa shape index (κ3) is 369. The van der Waals surface area contributed by atoms with Crippen LogP contribution < -0.4 is 5.54 Å². The normalized spacial score (nSPS) is 5.00. The maximum atomic E-state index is 10.5. The minimum absolute atomic E-state index is 0.403. The summed E-state index contributed by atoms with van der Waals surface area (Å²) in [4.78, 5) is 8.00. The van der Waals surface area contributed by atoms with Crippen LogP contribution in [-0.2, 0) is 4.79 Å². The molecule has 3 heteroatoms. The minimum Gasteiger partial charge on any atom is -0.307 e. The molecule has 0 aliphatic heterocycles. The molecule has 1 N–H and O–H groups in total. The van der Waals surface area contributed by atoms with E-state index in [1.807, 2.05) is 20.6 Å². The Morgan fingerprint density at radius 1 is 1.50 bits per heavy atom. The standard InChI is InChI=1S/C2H6FN.C2H6.CH2O/c1-2-4-3;2*1-2/h4H,2H2,1H3;1-2H3;1H2. The van der Waals surface area contributed by atoms with Crippen LogP contribution in [0.15, 0.2) is 0 Å². The smallest absolute Gasteiger partial charge is 0.106 e. The molecule has 0 bridgehead atoms. The number of hydrogen-bond acceptors (Lipinski definition) is 2. The third-order valence-electron chi connectivity index (χ3n) is 0.134. The van der Waals surface area contributed by atoms with Gasteiger partial charge in [-0.3, -0.25) is 0 Å². The van der Waals surface area contributed by atoms with Crippen molar-refractivity contribution < 1.29 is 9.28 Å². The number of nitrogens with one attached hydrogen (secondary N) is 1. The van der Waals surface area contributed by atoms with Crippen LogP contribution in [0.3, 0.4) is 0 Å². The van der Waals surface area contributed by atoms with E-state index in [1.165, 1.54) is 5.54 Å². The van der Waals surface area contributed by atoms with Crippen molar-refractivity contribution in [1.82, 2.24) is 5.54 Å². The summed E-state index contributed by atoms with van der Waals surface area (Å²) in [6.07, 6.45) is 0. The lowest BCUT2D eigenvalue weighted by molar-refractivity contribution is -0.0979. The fourth-order valence-electron chi connectivity index (χ4n) is 0. The lowest BCUT2D eigenvalue weighted by Gasteiger charge is -1.70. The van der Waals surface area contributed by atoms with Crippen LogP contribution in [0.25, 0.3) is 0 Å². The van der Waals surface area contributed by atoms with Crippen LogP contribution in [0.1, 0.15) is 20.8 Å². The highest BCUT2D eigenvalue weighted by molar-refractivity contribution is 5.10. The van der Waals surface area contributed by atoms with E-state index in [0.717, 1.165) is 0 Å². The van der Waals surface area contributed by atoms with Crippen molar-refractivity contribution in [1.29, 1.82) is 0 Å². The summed E-state index contributed by atoms with van der Waals surface area (Å²) < 4.78 is 10.5. The number of halogens is 1. The van der Waals surface area contributed by atoms with Crippen LogP contribution in [0.2, 0.25) is 0 Å². The number of carbonyl (C=O) groups excluding carboxylic acids is 1. The van der Waals surface area contributed by atoms with Crippen LogP contribution in [0.4, 0.5) is 4.48 Å². The molecule has 0 atom stereocenters. The maximum absolute atomic E-state index is 10.5. The Balaban J connectivity index is -0.0000000542. The molecule has 8 heavy (non-hydrogen) atoms. The summed E-state index contributed by atoms with van der Waals surface area (Å²) in [5, 5.41) is 0. The molecule has 0 radical (unpaired) electrons. The number of hydrogen-bond donors (Lipinski definition) is 1. The van der Waals surface area contributed by atoms with Gasteiger partial charge in [-0.1, -0.05) is 20.8 Å². The van der Waals surface area contributed by atoms with Crippen LogP contribution in [0.5, 0.6) is 0 Å². The van der Waals surface area contributed by atoms with Gasteiger partial charge >= 0.3 is 0 Å². The predicted octanol–water partition coefficient (Wildman–Crippen LogP) is 1.32. The average Bonchev–Trinajstić information content (AvgIpc) is 1.96. The van der Waals surface area contributed by atoms with Crippen molar-refractivity contribution >= 4 is 6.79 Å². The van der Waals surface area contributed by atoms with Crippen molar-refractivity contribution in [2.75, 3.05) is 6.54 Å². The zero-order valence-electron chi connectivity index (χ0n) is 5.70. The van der Waals surface area contributed by atoms with Gasteiger partial charge in [0.05, 0.1) is 0 Å². The molecule has 0 aromatic heterocycles. The fourth-order valence-corrected chi connectivity index (χ4v) is 0. The van der Waals surface area contributed by atoms with Crippen LogP contribution in [0, 0.1) is 0 Å². The van der Waals surface area contributed by atoms with Crippen molar-refractivity contribution in [2.45, 2.75) is 20.8 Å². The van der Waals surface area contributed by atoms with E-state index in [4.69, 9.17) is 4.79 Å². The van der Waals surface area contributed by atoms with Crippen molar-refractivity contribution in [3.63, 3.8) is 0 Å². The van der Waals surface area contributed by atoms with Gasteiger partial charge in [-0.05, 0) is 0 Å². The van der Waals surface area contributed by atoms with E-state index < -0.39 is 0 Å². The Labute approximate surface area is 50.0 Å². The monoisotopic (exact) mass is 123 g/mol. The number of carbonyl (C=O) groups is 1. The first kappa shape index (κ1) is 15.6. The summed E-state index contributed by atoms with van der Waals surface area (Å²) in [6, 6.07) is 0. The molecule has 2 nitrogen and oxygen atoms in total. The van der Waals surface area contributed by atoms with E-state index in [9.17, 15) is 4.48 Å². The van der Waals surface area contributed by atoms with Gasteiger partial charge in [-0.2, -0.15) is 5.54 Å². The molecular weight excluding hydrogens is 109 g/mol. The van der Waals surface area contributed by atoms with Gasteiger partial charge < -0.3 is 4.79 Å². The summed E-state index contributed by atoms with van der Waals surface area (Å²) in [6.45, 7) is 8.10. The van der Waals surface area contributed by atoms with Crippen molar-refractivity contribution in [3.8, 4) is 0 Å². The summed E-state index contributed by atoms with van der Waals surface area (Å²) in [5.41, 5.74) is 1.43. The Kier molecular flexibility index (Phi) is 163. The first-order chi connectivity index (χ1) is 3.91. The van der Waals surface area contributed by atoms with E-state index >= 15 is 0 Å². The summed E-state index contributed by atoms with van der Waals surface area (Å²) in [5.74, 6) is 0. The molecule has 0 aromatic carbocycles. The predicted molar refractivity (Wildman–Crippen MR) is 33.3 cm³/mol. The van der Waals surface area contributed by atoms with Gasteiger partial charge in [0.1, 0.15) is 6.79 Å².